The van der Waals surface area contributed by atoms with Crippen molar-refractivity contribution in [2.75, 3.05) is 60.1 Å². The zero-order valence-electron chi connectivity index (χ0n) is 42.3. The van der Waals surface area contributed by atoms with Crippen molar-refractivity contribution in [1.29, 1.82) is 0 Å². The largest absolute Gasteiger partial charge is 0.464 e. The first kappa shape index (κ1) is 52.1. The third kappa shape index (κ3) is 10.8. The summed E-state index contributed by atoms with van der Waals surface area (Å²) in [6, 6.07) is 3.08. The third-order valence-electron chi connectivity index (χ3n) is 14.0. The molecule has 3 aromatic rings. The molecule has 2 N–H and O–H groups in total. The second-order valence-corrected chi connectivity index (χ2v) is 20.9. The van der Waals surface area contributed by atoms with Crippen LogP contribution in [-0.4, -0.2) is 155 Å². The van der Waals surface area contributed by atoms with Gasteiger partial charge < -0.3 is 38.8 Å². The van der Waals surface area contributed by atoms with E-state index in [1.165, 1.54) is 27.3 Å². The maximum Gasteiger partial charge on any atom is 0.324 e. The van der Waals surface area contributed by atoms with Crippen LogP contribution >= 0.6 is 11.3 Å². The number of hydrazine groups is 1. The zero-order chi connectivity index (χ0) is 50.7. The van der Waals surface area contributed by atoms with E-state index in [0.717, 1.165) is 44.7 Å². The Bertz CT molecular complexity index is 2560. The van der Waals surface area contributed by atoms with Gasteiger partial charge in [0.05, 0.1) is 54.5 Å². The molecule has 3 saturated heterocycles. The van der Waals surface area contributed by atoms with Crippen LogP contribution in [0.1, 0.15) is 84.0 Å². The molecule has 70 heavy (non-hydrogen) atoms. The molecule has 4 aliphatic rings. The molecule has 5 amide bonds. The van der Waals surface area contributed by atoms with Gasteiger partial charge in [-0.1, -0.05) is 53.0 Å². The number of morpholine rings is 1. The van der Waals surface area contributed by atoms with E-state index >= 15 is 0 Å². The van der Waals surface area contributed by atoms with Crippen molar-refractivity contribution in [1.82, 2.24) is 40.0 Å². The summed E-state index contributed by atoms with van der Waals surface area (Å²) < 4.78 is 20.4. The standard InChI is InChI=1S/C52H71N9O8S/c1-12-35(44(53-14-3)33(7)67-11)46-37-27-51(8,9)31-68-49(65)38-17-16-21-61(56-38)48(64)39(26-42-54-40(28-70-42)34-18-19-41(36(37)25-34)60(46)15-4)55-47(63)45(32(5)6)57(10)50(66)59-23-24-69-52(30-59)20-22-58(29-52)43(62)13-2/h12-14,18-19,25,28,32-33,38-39,45,56H,1-2,15-17,20-24,26-27,29-31H2,3-11H3,(H,55,63)/b44-35+,53-14?/t33-,38-,39-,45-,52+/m0/s1. The van der Waals surface area contributed by atoms with Gasteiger partial charge in [0.25, 0.3) is 5.91 Å². The number of hydrogen-bond donors (Lipinski definition) is 2. The van der Waals surface area contributed by atoms with Crippen molar-refractivity contribution in [3.8, 4) is 11.3 Å². The Labute approximate surface area is 415 Å². The number of carbonyl (C=O) groups excluding carboxylic acids is 5. The fraction of sp³-hybridized carbons (Fsp3) is 0.558. The lowest BCUT2D eigenvalue weighted by atomic mass is 9.84. The van der Waals surface area contributed by atoms with Gasteiger partial charge in [-0.15, -0.1) is 11.3 Å². The number of hydrogen-bond acceptors (Lipinski definition) is 12. The number of nitrogens with one attached hydrogen (secondary N) is 2. The van der Waals surface area contributed by atoms with Crippen LogP contribution in [-0.2, 0) is 52.8 Å². The molecule has 7 rings (SSSR count). The number of urea groups is 1. The summed E-state index contributed by atoms with van der Waals surface area (Å²) in [5.74, 6) is -1.94. The van der Waals surface area contributed by atoms with E-state index in [-0.39, 0.29) is 50.1 Å². The molecule has 1 aromatic carbocycles. The number of likely N-dealkylation sites (tertiary alicyclic amines) is 1. The van der Waals surface area contributed by atoms with Gasteiger partial charge in [-0.25, -0.2) is 15.2 Å². The molecule has 3 fully saturated rings. The number of aromatic nitrogens is 2. The fourth-order valence-corrected chi connectivity index (χ4v) is 11.3. The molecule has 18 heteroatoms. The number of aliphatic imine (C=N–C) groups is 1. The first-order chi connectivity index (χ1) is 33.4. The molecule has 6 bridgehead atoms. The summed E-state index contributed by atoms with van der Waals surface area (Å²) in [7, 11) is 3.27. The smallest absolute Gasteiger partial charge is 0.324 e. The highest BCUT2D eigenvalue weighted by molar-refractivity contribution is 7.10. The van der Waals surface area contributed by atoms with Crippen molar-refractivity contribution >= 4 is 63.7 Å². The monoisotopic (exact) mass is 982 g/mol. The molecular weight excluding hydrogens is 911 g/mol. The fourth-order valence-electron chi connectivity index (χ4n) is 10.4. The van der Waals surface area contributed by atoms with E-state index < -0.39 is 46.9 Å². The van der Waals surface area contributed by atoms with Crippen molar-refractivity contribution in [3.05, 3.63) is 70.9 Å². The summed E-state index contributed by atoms with van der Waals surface area (Å²) in [5.41, 5.74) is 8.10. The molecule has 0 unspecified atom stereocenters. The molecule has 17 nitrogen and oxygen atoms in total. The van der Waals surface area contributed by atoms with Crippen LogP contribution in [0.25, 0.3) is 27.7 Å². The Hall–Kier alpha value is -5.69. The molecular formula is C52H71N9O8S. The normalized spacial score (nSPS) is 23.3. The van der Waals surface area contributed by atoms with Gasteiger partial charge in [0.15, 0.2) is 0 Å². The van der Waals surface area contributed by atoms with Crippen LogP contribution in [0, 0.1) is 11.3 Å². The van der Waals surface area contributed by atoms with Gasteiger partial charge in [-0.05, 0) is 76.1 Å². The minimum Gasteiger partial charge on any atom is -0.464 e. The Kier molecular flexibility index (Phi) is 16.2. The summed E-state index contributed by atoms with van der Waals surface area (Å²) in [5, 5.41) is 8.06. The lowest BCUT2D eigenvalue weighted by molar-refractivity contribution is -0.155. The number of esters is 1. The number of ether oxygens (including phenoxy) is 3. The summed E-state index contributed by atoms with van der Waals surface area (Å²) in [6.07, 6.45) is 6.69. The highest BCUT2D eigenvalue weighted by atomic mass is 32.1. The summed E-state index contributed by atoms with van der Waals surface area (Å²) in [6.45, 7) is 24.5. The van der Waals surface area contributed by atoms with E-state index in [9.17, 15) is 24.0 Å². The number of methoxy groups -OCH3 is 1. The minimum absolute atomic E-state index is 0.0564. The molecule has 2 aromatic heterocycles. The maximum absolute atomic E-state index is 14.7. The van der Waals surface area contributed by atoms with E-state index in [1.807, 2.05) is 39.2 Å². The summed E-state index contributed by atoms with van der Waals surface area (Å²) in [4.78, 5) is 84.8. The van der Waals surface area contributed by atoms with Crippen LogP contribution in [0.15, 0.2) is 59.6 Å². The Balaban J connectivity index is 1.24. The molecule has 5 atom stereocenters. The van der Waals surface area contributed by atoms with Crippen LogP contribution in [0.4, 0.5) is 4.79 Å². The highest BCUT2D eigenvalue weighted by Crippen LogP contribution is 2.40. The molecule has 0 radical (unpaired) electrons. The molecule has 378 valence electrons. The number of fused-ring (bicyclic) bond motifs is 6. The second kappa shape index (κ2) is 21.7. The van der Waals surface area contributed by atoms with E-state index in [0.29, 0.717) is 63.4 Å². The predicted molar refractivity (Wildman–Crippen MR) is 272 cm³/mol. The van der Waals surface area contributed by atoms with Crippen molar-refractivity contribution < 1.29 is 38.2 Å². The van der Waals surface area contributed by atoms with Gasteiger partial charge >= 0.3 is 12.0 Å². The molecule has 1 spiro atoms. The van der Waals surface area contributed by atoms with Gasteiger partial charge in [0.1, 0.15) is 23.7 Å². The van der Waals surface area contributed by atoms with Crippen molar-refractivity contribution in [2.45, 2.75) is 117 Å². The van der Waals surface area contributed by atoms with Crippen molar-refractivity contribution in [3.63, 3.8) is 0 Å². The SMILES string of the molecule is C=CC(=O)N1CC[C@@]2(C1)CN(C(=O)N(C)[C@H](C(=O)N[C@H]1Cc3nc(cs3)-c3ccc4c(c3)c(c(/C(C=C)=C(/N=CC)[C@H](C)OC)n4CC)CC(C)(C)COC(=O)[C@@H]3CCCN(N3)C1=O)C(C)C)CCO2. The van der Waals surface area contributed by atoms with Gasteiger partial charge in [-0.3, -0.25) is 29.2 Å². The average molecular weight is 982 g/mol. The number of carbonyl (C=O) groups is 5. The Morgan fingerprint density at radius 3 is 2.56 bits per heavy atom. The number of likely N-dealkylation sites (N-methyl/N-ethyl adjacent to an activating group) is 1. The zero-order valence-corrected chi connectivity index (χ0v) is 43.2. The summed E-state index contributed by atoms with van der Waals surface area (Å²) >= 11 is 1.40. The Morgan fingerprint density at radius 1 is 1.11 bits per heavy atom. The number of allylic oxidation sites excluding steroid dienone is 2. The number of aryl methyl sites for hydroxylation is 1. The number of rotatable bonds is 11. The minimum atomic E-state index is -1.11. The molecule has 0 aliphatic carbocycles. The number of amides is 5. The third-order valence-corrected chi connectivity index (χ3v) is 14.9. The van der Waals surface area contributed by atoms with E-state index in [1.54, 1.807) is 30.2 Å². The van der Waals surface area contributed by atoms with Crippen LogP contribution in [0.2, 0.25) is 0 Å². The van der Waals surface area contributed by atoms with Crippen molar-refractivity contribution in [2.24, 2.45) is 16.3 Å². The lowest BCUT2D eigenvalue weighted by Gasteiger charge is -2.43. The number of thiazole rings is 1. The highest BCUT2D eigenvalue weighted by Gasteiger charge is 2.46. The van der Waals surface area contributed by atoms with E-state index in [2.05, 4.69) is 67.4 Å². The predicted octanol–water partition coefficient (Wildman–Crippen LogP) is 6.02. The first-order valence-corrected chi connectivity index (χ1v) is 25.4. The topological polar surface area (TPSA) is 180 Å². The van der Waals surface area contributed by atoms with Gasteiger partial charge in [0, 0.05) is 85.8 Å². The maximum atomic E-state index is 14.7. The first-order valence-electron chi connectivity index (χ1n) is 24.5. The van der Waals surface area contributed by atoms with Crippen LogP contribution < -0.4 is 10.7 Å². The van der Waals surface area contributed by atoms with Crippen LogP contribution in [0.5, 0.6) is 0 Å². The number of nitrogens with zero attached hydrogens (tertiary/aromatic N) is 7. The lowest BCUT2D eigenvalue weighted by Crippen LogP contribution is -2.63. The average Bonchev–Trinajstić information content (AvgIpc) is 4.07. The quantitative estimate of drug-likeness (QED) is 0.0999. The molecule has 0 saturated carbocycles. The van der Waals surface area contributed by atoms with Crippen LogP contribution in [0.3, 0.4) is 0 Å². The Morgan fingerprint density at radius 2 is 1.87 bits per heavy atom. The molecule has 6 heterocycles. The van der Waals surface area contributed by atoms with Gasteiger partial charge in [0.2, 0.25) is 11.8 Å². The number of cyclic esters (lactones) is 1. The number of benzene rings is 1. The van der Waals surface area contributed by atoms with Gasteiger partial charge in [-0.2, -0.15) is 0 Å². The van der Waals surface area contributed by atoms with E-state index in [4.69, 9.17) is 24.2 Å². The second-order valence-electron chi connectivity index (χ2n) is 20.0. The molecule has 4 aliphatic heterocycles.